The van der Waals surface area contributed by atoms with Crippen LogP contribution in [-0.4, -0.2) is 20.0 Å². The van der Waals surface area contributed by atoms with Gasteiger partial charge in [0.15, 0.2) is 0 Å². The molecule has 2 N–H and O–H groups in total. The van der Waals surface area contributed by atoms with Crippen LogP contribution in [0.25, 0.3) is 0 Å². The van der Waals surface area contributed by atoms with Gasteiger partial charge in [0.25, 0.3) is 0 Å². The van der Waals surface area contributed by atoms with Gasteiger partial charge in [0.1, 0.15) is 0 Å². The molecule has 0 aromatic rings. The molecule has 0 aliphatic rings. The van der Waals surface area contributed by atoms with Gasteiger partial charge in [-0.25, -0.2) is 0 Å². The third-order valence-corrected chi connectivity index (χ3v) is 2.11. The fourth-order valence-corrected chi connectivity index (χ4v) is 0.750. The maximum absolute atomic E-state index is 9.75. The van der Waals surface area contributed by atoms with Crippen molar-refractivity contribution < 1.29 is 34.5 Å². The second-order valence-electron chi connectivity index (χ2n) is 3.41. The van der Waals surface area contributed by atoms with Crippen molar-refractivity contribution in [2.24, 2.45) is 5.73 Å². The summed E-state index contributed by atoms with van der Waals surface area (Å²) in [5, 5.41) is 0. The molecular formula is C7H19B2F8I2N-2. The first-order valence-corrected chi connectivity index (χ1v) is 5.22. The maximum atomic E-state index is 9.75. The van der Waals surface area contributed by atoms with Gasteiger partial charge in [0.05, 0.1) is 0 Å². The van der Waals surface area contributed by atoms with Crippen molar-refractivity contribution in [2.45, 2.75) is 45.6 Å². The molecule has 0 heterocycles. The van der Waals surface area contributed by atoms with Gasteiger partial charge in [0, 0.05) is 5.54 Å². The van der Waals surface area contributed by atoms with Crippen molar-refractivity contribution in [3.05, 3.63) is 0 Å². The highest BCUT2D eigenvalue weighted by Gasteiger charge is 2.21. The van der Waals surface area contributed by atoms with E-state index in [9.17, 15) is 34.5 Å². The standard InChI is InChI=1S/C7H17N.2BF4.2HI/c1-4-7(8,5-2)6-3;2*2-1(3,4)5;;/h4-6,8H2,1-3H3;;;2*1H/q;2*-1;;. The summed E-state index contributed by atoms with van der Waals surface area (Å²) >= 11 is 0. The number of nitrogens with two attached hydrogens (primary N) is 1. The molecule has 13 heteroatoms. The Labute approximate surface area is 148 Å². The largest absolute Gasteiger partial charge is 0.673 e. The van der Waals surface area contributed by atoms with E-state index >= 15 is 0 Å². The van der Waals surface area contributed by atoms with Crippen LogP contribution in [0.4, 0.5) is 34.5 Å². The SMILES string of the molecule is CCC(N)(CC)CC.F[B-](F)(F)F.F[B-](F)(F)F.I.I. The molecule has 20 heavy (non-hydrogen) atoms. The third kappa shape index (κ3) is 61.6. The van der Waals surface area contributed by atoms with E-state index in [0.29, 0.717) is 0 Å². The van der Waals surface area contributed by atoms with Gasteiger partial charge in [-0.2, -0.15) is 0 Å². The smallest absolute Gasteiger partial charge is 0.418 e. The maximum Gasteiger partial charge on any atom is 0.673 e. The zero-order valence-electron chi connectivity index (χ0n) is 11.2. The Bertz CT molecular complexity index is 166. The van der Waals surface area contributed by atoms with Crippen LogP contribution in [0, 0.1) is 0 Å². The van der Waals surface area contributed by atoms with Crippen LogP contribution in [0.2, 0.25) is 0 Å². The molecule has 0 aliphatic heterocycles. The van der Waals surface area contributed by atoms with Gasteiger partial charge in [-0.1, -0.05) is 20.8 Å². The van der Waals surface area contributed by atoms with Crippen LogP contribution in [0.5, 0.6) is 0 Å². The summed E-state index contributed by atoms with van der Waals surface area (Å²) in [5.41, 5.74) is 6.02. The van der Waals surface area contributed by atoms with Crippen LogP contribution in [-0.2, 0) is 0 Å². The summed E-state index contributed by atoms with van der Waals surface area (Å²) in [5.74, 6) is 0. The predicted molar refractivity (Wildman–Crippen MR) is 89.0 cm³/mol. The number of hydrogen-bond acceptors (Lipinski definition) is 1. The van der Waals surface area contributed by atoms with E-state index in [-0.39, 0.29) is 53.5 Å². The molecule has 130 valence electrons. The molecule has 0 spiro atoms. The highest BCUT2D eigenvalue weighted by molar-refractivity contribution is 14.0. The summed E-state index contributed by atoms with van der Waals surface area (Å²) < 4.78 is 78.0. The van der Waals surface area contributed by atoms with E-state index in [4.69, 9.17) is 5.73 Å². The fourth-order valence-electron chi connectivity index (χ4n) is 0.750. The summed E-state index contributed by atoms with van der Waals surface area (Å²) in [6, 6.07) is 0. The number of halogens is 10. The molecule has 0 rings (SSSR count). The lowest BCUT2D eigenvalue weighted by Crippen LogP contribution is -2.37. The van der Waals surface area contributed by atoms with Gasteiger partial charge in [-0.05, 0) is 19.3 Å². The molecule has 0 atom stereocenters. The van der Waals surface area contributed by atoms with Crippen molar-refractivity contribution in [1.82, 2.24) is 0 Å². The van der Waals surface area contributed by atoms with Gasteiger partial charge < -0.3 is 40.3 Å². The first kappa shape index (κ1) is 32.8. The van der Waals surface area contributed by atoms with Crippen molar-refractivity contribution in [1.29, 1.82) is 0 Å². The molecule has 0 fully saturated rings. The Morgan fingerprint density at radius 3 is 0.750 bits per heavy atom. The molecule has 0 unspecified atom stereocenters. The number of rotatable bonds is 3. The second kappa shape index (κ2) is 14.9. The van der Waals surface area contributed by atoms with E-state index in [1.807, 2.05) is 0 Å². The molecular weight excluding hydrogens is 526 g/mol. The van der Waals surface area contributed by atoms with Crippen molar-refractivity contribution >= 4 is 62.5 Å². The molecule has 0 aromatic carbocycles. The van der Waals surface area contributed by atoms with Crippen molar-refractivity contribution in [3.63, 3.8) is 0 Å². The zero-order chi connectivity index (χ0) is 15.6. The molecule has 0 saturated heterocycles. The summed E-state index contributed by atoms with van der Waals surface area (Å²) in [7, 11) is -12.0. The van der Waals surface area contributed by atoms with Crippen LogP contribution >= 0.6 is 48.0 Å². The normalized spacial score (nSPS) is 10.8. The van der Waals surface area contributed by atoms with E-state index in [2.05, 4.69) is 20.8 Å². The first-order valence-electron chi connectivity index (χ1n) is 5.22. The predicted octanol–water partition coefficient (Wildman–Crippen LogP) is 5.75. The van der Waals surface area contributed by atoms with Gasteiger partial charge in [-0.15, -0.1) is 48.0 Å². The highest BCUT2D eigenvalue weighted by Crippen LogP contribution is 2.14. The van der Waals surface area contributed by atoms with Gasteiger partial charge in [-0.3, -0.25) is 0 Å². The monoisotopic (exact) mass is 545 g/mol. The van der Waals surface area contributed by atoms with Crippen LogP contribution in [0.1, 0.15) is 40.0 Å². The van der Waals surface area contributed by atoms with Crippen molar-refractivity contribution in [3.8, 4) is 0 Å². The quantitative estimate of drug-likeness (QED) is 0.273. The topological polar surface area (TPSA) is 26.0 Å². The Balaban J connectivity index is -0.0000000558. The average Bonchev–Trinajstić information content (AvgIpc) is 2.11. The molecule has 0 aliphatic carbocycles. The molecule has 0 saturated carbocycles. The van der Waals surface area contributed by atoms with Crippen molar-refractivity contribution in [2.75, 3.05) is 0 Å². The first-order chi connectivity index (χ1) is 7.68. The van der Waals surface area contributed by atoms with E-state index in [1.54, 1.807) is 0 Å². The lowest BCUT2D eigenvalue weighted by Gasteiger charge is -2.23. The van der Waals surface area contributed by atoms with Gasteiger partial charge in [0.2, 0.25) is 0 Å². The zero-order valence-corrected chi connectivity index (χ0v) is 15.9. The highest BCUT2D eigenvalue weighted by atomic mass is 127. The average molecular weight is 545 g/mol. The Morgan fingerprint density at radius 1 is 0.650 bits per heavy atom. The molecule has 0 radical (unpaired) electrons. The molecule has 0 bridgehead atoms. The minimum absolute atomic E-state index is 0. The van der Waals surface area contributed by atoms with E-state index in [0.717, 1.165) is 19.3 Å². The summed E-state index contributed by atoms with van der Waals surface area (Å²) in [6.07, 6.45) is 3.29. The number of hydrogen-bond donors (Lipinski definition) is 1. The Hall–Kier alpha value is 0.990. The Morgan fingerprint density at radius 2 is 0.750 bits per heavy atom. The molecule has 0 amide bonds. The lowest BCUT2D eigenvalue weighted by atomic mass is 9.92. The van der Waals surface area contributed by atoms with E-state index in [1.165, 1.54) is 0 Å². The molecule has 0 aromatic heterocycles. The minimum atomic E-state index is -6.00. The molecule has 1 nitrogen and oxygen atoms in total. The van der Waals surface area contributed by atoms with E-state index < -0.39 is 14.5 Å². The third-order valence-electron chi connectivity index (χ3n) is 2.11. The Kier molecular flexibility index (Phi) is 24.5. The van der Waals surface area contributed by atoms with Gasteiger partial charge >= 0.3 is 14.5 Å². The summed E-state index contributed by atoms with van der Waals surface area (Å²) in [6.45, 7) is 6.44. The lowest BCUT2D eigenvalue weighted by molar-refractivity contribution is 0.366. The fraction of sp³-hybridized carbons (Fsp3) is 1.00. The second-order valence-corrected chi connectivity index (χ2v) is 3.41. The summed E-state index contributed by atoms with van der Waals surface area (Å²) in [4.78, 5) is 0. The van der Waals surface area contributed by atoms with Crippen LogP contribution < -0.4 is 5.73 Å². The van der Waals surface area contributed by atoms with Crippen LogP contribution in [0.3, 0.4) is 0 Å². The minimum Gasteiger partial charge on any atom is -0.418 e. The van der Waals surface area contributed by atoms with Crippen LogP contribution in [0.15, 0.2) is 0 Å².